The summed E-state index contributed by atoms with van der Waals surface area (Å²) in [5.41, 5.74) is 3.94. The molecule has 0 spiro atoms. The Labute approximate surface area is 125 Å². The number of pyridine rings is 1. The lowest BCUT2D eigenvalue weighted by molar-refractivity contribution is 0.0951. The van der Waals surface area contributed by atoms with Gasteiger partial charge in [0.15, 0.2) is 0 Å². The van der Waals surface area contributed by atoms with Gasteiger partial charge in [0.25, 0.3) is 5.91 Å². The van der Waals surface area contributed by atoms with E-state index in [1.54, 1.807) is 0 Å². The molecule has 0 radical (unpaired) electrons. The first-order valence-corrected chi connectivity index (χ1v) is 7.51. The number of nitrogens with zero attached hydrogens (tertiary/aromatic N) is 1. The molecule has 1 saturated carbocycles. The molecule has 1 N–H and O–H groups in total. The van der Waals surface area contributed by atoms with Gasteiger partial charge in [0.05, 0.1) is 5.69 Å². The van der Waals surface area contributed by atoms with Gasteiger partial charge in [-0.15, -0.1) is 0 Å². The monoisotopic (exact) mass is 280 g/mol. The molecule has 3 heteroatoms. The number of benzene rings is 1. The van der Waals surface area contributed by atoms with E-state index in [9.17, 15) is 4.79 Å². The summed E-state index contributed by atoms with van der Waals surface area (Å²) in [6.07, 6.45) is 4.03. The van der Waals surface area contributed by atoms with E-state index < -0.39 is 0 Å². The standard InChI is InChI=1S/C18H20N2O/c1-12(2)17-16(7-4-10-19-17)13-5-3-6-14(11-13)18(21)20-15-8-9-15/h3-7,10-12,15H,8-9H2,1-2H3,(H,20,21). The summed E-state index contributed by atoms with van der Waals surface area (Å²) in [4.78, 5) is 16.7. The van der Waals surface area contributed by atoms with Crippen molar-refractivity contribution in [2.24, 2.45) is 0 Å². The quantitative estimate of drug-likeness (QED) is 0.926. The summed E-state index contributed by atoms with van der Waals surface area (Å²) in [6.45, 7) is 4.27. The minimum absolute atomic E-state index is 0.0225. The van der Waals surface area contributed by atoms with Crippen LogP contribution in [0.4, 0.5) is 0 Å². The zero-order chi connectivity index (χ0) is 14.8. The van der Waals surface area contributed by atoms with Gasteiger partial charge >= 0.3 is 0 Å². The van der Waals surface area contributed by atoms with Gasteiger partial charge in [0, 0.05) is 23.4 Å². The molecular formula is C18H20N2O. The summed E-state index contributed by atoms with van der Waals surface area (Å²) in [5.74, 6) is 0.375. The third-order valence-corrected chi connectivity index (χ3v) is 3.73. The van der Waals surface area contributed by atoms with Crippen LogP contribution in [0, 0.1) is 0 Å². The van der Waals surface area contributed by atoms with Gasteiger partial charge in [-0.25, -0.2) is 0 Å². The number of carbonyl (C=O) groups is 1. The van der Waals surface area contributed by atoms with Crippen molar-refractivity contribution in [1.29, 1.82) is 0 Å². The highest BCUT2D eigenvalue weighted by molar-refractivity contribution is 5.95. The van der Waals surface area contributed by atoms with E-state index in [1.807, 2.05) is 36.5 Å². The summed E-state index contributed by atoms with van der Waals surface area (Å²) < 4.78 is 0. The molecule has 1 aromatic carbocycles. The average Bonchev–Trinajstić information content (AvgIpc) is 3.31. The third kappa shape index (κ3) is 3.13. The lowest BCUT2D eigenvalue weighted by Gasteiger charge is -2.12. The molecular weight excluding hydrogens is 260 g/mol. The SMILES string of the molecule is CC(C)c1ncccc1-c1cccc(C(=O)NC2CC2)c1. The molecule has 0 aliphatic heterocycles. The molecule has 108 valence electrons. The Morgan fingerprint density at radius 1 is 1.24 bits per heavy atom. The number of amides is 1. The largest absolute Gasteiger partial charge is 0.349 e. The lowest BCUT2D eigenvalue weighted by Crippen LogP contribution is -2.25. The van der Waals surface area contributed by atoms with Crippen molar-refractivity contribution in [3.8, 4) is 11.1 Å². The van der Waals surface area contributed by atoms with E-state index in [4.69, 9.17) is 0 Å². The second-order valence-corrected chi connectivity index (χ2v) is 5.92. The number of nitrogens with one attached hydrogen (secondary N) is 1. The smallest absolute Gasteiger partial charge is 0.251 e. The molecule has 3 rings (SSSR count). The summed E-state index contributed by atoms with van der Waals surface area (Å²) >= 11 is 0. The maximum Gasteiger partial charge on any atom is 0.251 e. The molecule has 0 bridgehead atoms. The van der Waals surface area contributed by atoms with Gasteiger partial charge in [-0.3, -0.25) is 9.78 Å². The van der Waals surface area contributed by atoms with E-state index in [0.717, 1.165) is 35.2 Å². The van der Waals surface area contributed by atoms with Crippen LogP contribution in [-0.2, 0) is 0 Å². The molecule has 21 heavy (non-hydrogen) atoms. The first kappa shape index (κ1) is 13.8. The fourth-order valence-electron chi connectivity index (χ4n) is 2.45. The van der Waals surface area contributed by atoms with Crippen LogP contribution in [0.25, 0.3) is 11.1 Å². The number of rotatable bonds is 4. The first-order valence-electron chi connectivity index (χ1n) is 7.51. The highest BCUT2D eigenvalue weighted by Crippen LogP contribution is 2.28. The third-order valence-electron chi connectivity index (χ3n) is 3.73. The number of hydrogen-bond donors (Lipinski definition) is 1. The molecule has 0 atom stereocenters. The maximum absolute atomic E-state index is 12.2. The Balaban J connectivity index is 1.94. The van der Waals surface area contributed by atoms with Crippen molar-refractivity contribution in [3.05, 3.63) is 53.9 Å². The van der Waals surface area contributed by atoms with Crippen molar-refractivity contribution in [2.45, 2.75) is 38.6 Å². The number of carbonyl (C=O) groups excluding carboxylic acids is 1. The molecule has 0 unspecified atom stereocenters. The van der Waals surface area contributed by atoms with Crippen molar-refractivity contribution in [3.63, 3.8) is 0 Å². The second kappa shape index (κ2) is 5.68. The van der Waals surface area contributed by atoms with Gasteiger partial charge in [0.1, 0.15) is 0 Å². The van der Waals surface area contributed by atoms with E-state index >= 15 is 0 Å². The highest BCUT2D eigenvalue weighted by atomic mass is 16.1. The molecule has 1 aromatic heterocycles. The predicted molar refractivity (Wildman–Crippen MR) is 84.3 cm³/mol. The van der Waals surface area contributed by atoms with Gasteiger partial charge in [-0.2, -0.15) is 0 Å². The van der Waals surface area contributed by atoms with E-state index in [2.05, 4.69) is 30.2 Å². The zero-order valence-electron chi connectivity index (χ0n) is 12.5. The van der Waals surface area contributed by atoms with Crippen molar-refractivity contribution < 1.29 is 4.79 Å². The molecule has 1 amide bonds. The molecule has 1 aliphatic carbocycles. The topological polar surface area (TPSA) is 42.0 Å². The summed E-state index contributed by atoms with van der Waals surface area (Å²) in [5, 5.41) is 3.03. The number of aromatic nitrogens is 1. The van der Waals surface area contributed by atoms with Crippen LogP contribution >= 0.6 is 0 Å². The fourth-order valence-corrected chi connectivity index (χ4v) is 2.45. The Morgan fingerprint density at radius 2 is 2.05 bits per heavy atom. The van der Waals surface area contributed by atoms with E-state index in [-0.39, 0.29) is 5.91 Å². The molecule has 3 nitrogen and oxygen atoms in total. The Hall–Kier alpha value is -2.16. The van der Waals surface area contributed by atoms with Crippen LogP contribution in [0.5, 0.6) is 0 Å². The minimum atomic E-state index is 0.0225. The predicted octanol–water partition coefficient (Wildman–Crippen LogP) is 3.76. The minimum Gasteiger partial charge on any atom is -0.349 e. The van der Waals surface area contributed by atoms with Crippen molar-refractivity contribution in [2.75, 3.05) is 0 Å². The fraction of sp³-hybridized carbons (Fsp3) is 0.333. The van der Waals surface area contributed by atoms with Crippen molar-refractivity contribution >= 4 is 5.91 Å². The molecule has 0 saturated heterocycles. The van der Waals surface area contributed by atoms with Crippen LogP contribution in [0.1, 0.15) is 48.7 Å². The van der Waals surface area contributed by atoms with Crippen molar-refractivity contribution in [1.82, 2.24) is 10.3 Å². The highest BCUT2D eigenvalue weighted by Gasteiger charge is 2.23. The lowest BCUT2D eigenvalue weighted by atomic mass is 9.96. The molecule has 1 heterocycles. The van der Waals surface area contributed by atoms with Gasteiger partial charge in [0.2, 0.25) is 0 Å². The summed E-state index contributed by atoms with van der Waals surface area (Å²) in [7, 11) is 0. The normalized spacial score (nSPS) is 14.2. The Morgan fingerprint density at radius 3 is 2.76 bits per heavy atom. The zero-order valence-corrected chi connectivity index (χ0v) is 12.5. The van der Waals surface area contributed by atoms with Crippen LogP contribution in [0.15, 0.2) is 42.6 Å². The van der Waals surface area contributed by atoms with Gasteiger partial charge in [-0.05, 0) is 42.5 Å². The molecule has 1 aliphatic rings. The Kier molecular flexibility index (Phi) is 3.74. The number of hydrogen-bond acceptors (Lipinski definition) is 2. The molecule has 1 fully saturated rings. The van der Waals surface area contributed by atoms with Gasteiger partial charge < -0.3 is 5.32 Å². The van der Waals surface area contributed by atoms with Crippen LogP contribution in [-0.4, -0.2) is 16.9 Å². The van der Waals surface area contributed by atoms with Gasteiger partial charge in [-0.1, -0.05) is 32.0 Å². The first-order chi connectivity index (χ1) is 10.1. The second-order valence-electron chi connectivity index (χ2n) is 5.92. The van der Waals surface area contributed by atoms with Crippen LogP contribution in [0.2, 0.25) is 0 Å². The maximum atomic E-state index is 12.2. The van der Waals surface area contributed by atoms with Crippen LogP contribution in [0.3, 0.4) is 0 Å². The summed E-state index contributed by atoms with van der Waals surface area (Å²) in [6, 6.07) is 12.2. The van der Waals surface area contributed by atoms with E-state index in [1.165, 1.54) is 0 Å². The molecule has 2 aromatic rings. The Bertz CT molecular complexity index is 660. The van der Waals surface area contributed by atoms with E-state index in [0.29, 0.717) is 12.0 Å². The average molecular weight is 280 g/mol. The van der Waals surface area contributed by atoms with Crippen LogP contribution < -0.4 is 5.32 Å².